The van der Waals surface area contributed by atoms with E-state index in [9.17, 15) is 15.0 Å². The van der Waals surface area contributed by atoms with Gasteiger partial charge in [0, 0.05) is 13.0 Å². The van der Waals surface area contributed by atoms with Gasteiger partial charge in [0.1, 0.15) is 0 Å². The Morgan fingerprint density at radius 3 is 2.69 bits per heavy atom. The maximum absolute atomic E-state index is 12.1. The molecule has 0 saturated heterocycles. The fraction of sp³-hybridized carbons (Fsp3) is 0.870. The van der Waals surface area contributed by atoms with Crippen LogP contribution in [-0.4, -0.2) is 28.2 Å². The van der Waals surface area contributed by atoms with Crippen LogP contribution in [0, 0.1) is 40.4 Å². The molecule has 4 saturated carbocycles. The molecule has 0 aromatic rings. The minimum atomic E-state index is -0.588. The number of fused-ring (bicyclic) bond motifs is 8. The summed E-state index contributed by atoms with van der Waals surface area (Å²) >= 11 is 0. The van der Waals surface area contributed by atoms with Gasteiger partial charge in [-0.3, -0.25) is 4.79 Å². The van der Waals surface area contributed by atoms with Gasteiger partial charge in [-0.05, 0) is 97.9 Å². The van der Waals surface area contributed by atoms with Gasteiger partial charge in [0.2, 0.25) is 0 Å². The summed E-state index contributed by atoms with van der Waals surface area (Å²) < 4.78 is 0. The molecule has 0 bridgehead atoms. The minimum absolute atomic E-state index is 0.0124. The van der Waals surface area contributed by atoms with Gasteiger partial charge in [-0.15, -0.1) is 0 Å². The van der Waals surface area contributed by atoms with Crippen molar-refractivity contribution in [2.75, 3.05) is 6.61 Å². The second-order valence-electron chi connectivity index (χ2n) is 10.6. The number of hydrogen-bond donors (Lipinski definition) is 2. The van der Waals surface area contributed by atoms with Crippen molar-refractivity contribution in [2.45, 2.75) is 77.2 Å². The molecule has 0 heterocycles. The van der Waals surface area contributed by atoms with E-state index in [1.54, 1.807) is 0 Å². The molecule has 3 heteroatoms. The molecule has 5 aliphatic rings. The summed E-state index contributed by atoms with van der Waals surface area (Å²) in [5, 5.41) is 20.8. The first-order chi connectivity index (χ1) is 12.3. The predicted octanol–water partition coefficient (Wildman–Crippen LogP) is 3.88. The van der Waals surface area contributed by atoms with E-state index in [-0.39, 0.29) is 17.4 Å². The van der Waals surface area contributed by atoms with E-state index in [4.69, 9.17) is 0 Å². The molecule has 0 aromatic carbocycles. The quantitative estimate of drug-likeness (QED) is 0.805. The molecular weight excluding hydrogens is 324 g/mol. The van der Waals surface area contributed by atoms with Crippen LogP contribution in [0.15, 0.2) is 11.6 Å². The number of hydrogen-bond acceptors (Lipinski definition) is 3. The summed E-state index contributed by atoms with van der Waals surface area (Å²) in [6.07, 6.45) is 10.9. The Bertz CT molecular complexity index is 668. The summed E-state index contributed by atoms with van der Waals surface area (Å²) in [6, 6.07) is 0. The van der Waals surface area contributed by atoms with E-state index in [0.717, 1.165) is 50.4 Å². The SMILES string of the molecule is C[C@]12CCC(=O)C=C1[C@H]1C[C@H]1[C@@H]1[C@@H]2CC[C@@]2(C)[C@H]1CC[C@@]2(O)CCCO. The molecule has 26 heavy (non-hydrogen) atoms. The van der Waals surface area contributed by atoms with Gasteiger partial charge in [-0.25, -0.2) is 0 Å². The number of aliphatic hydroxyl groups is 2. The van der Waals surface area contributed by atoms with Crippen molar-refractivity contribution in [3.05, 3.63) is 11.6 Å². The van der Waals surface area contributed by atoms with E-state index >= 15 is 0 Å². The lowest BCUT2D eigenvalue weighted by molar-refractivity contribution is -0.136. The fourth-order valence-electron chi connectivity index (χ4n) is 8.29. The van der Waals surface area contributed by atoms with Crippen LogP contribution in [0.5, 0.6) is 0 Å². The van der Waals surface area contributed by atoms with Crippen LogP contribution >= 0.6 is 0 Å². The number of aliphatic hydroxyl groups excluding tert-OH is 1. The highest BCUT2D eigenvalue weighted by Crippen LogP contribution is 2.75. The van der Waals surface area contributed by atoms with Gasteiger partial charge < -0.3 is 10.2 Å². The Morgan fingerprint density at radius 2 is 1.92 bits per heavy atom. The van der Waals surface area contributed by atoms with Crippen LogP contribution in [0.25, 0.3) is 0 Å². The molecule has 2 N–H and O–H groups in total. The summed E-state index contributed by atoms with van der Waals surface area (Å²) in [6.45, 7) is 4.99. The second kappa shape index (κ2) is 5.44. The zero-order chi connectivity index (χ0) is 18.3. The maximum Gasteiger partial charge on any atom is 0.155 e. The van der Waals surface area contributed by atoms with Crippen molar-refractivity contribution >= 4 is 5.78 Å². The molecule has 0 aliphatic heterocycles. The van der Waals surface area contributed by atoms with Crippen molar-refractivity contribution in [3.8, 4) is 0 Å². The van der Waals surface area contributed by atoms with Crippen LogP contribution in [0.4, 0.5) is 0 Å². The highest BCUT2D eigenvalue weighted by molar-refractivity contribution is 5.92. The number of rotatable bonds is 3. The molecule has 3 nitrogen and oxygen atoms in total. The normalized spacial score (nSPS) is 54.7. The zero-order valence-electron chi connectivity index (χ0n) is 16.3. The lowest BCUT2D eigenvalue weighted by Gasteiger charge is -2.59. The fourth-order valence-corrected chi connectivity index (χ4v) is 8.29. The van der Waals surface area contributed by atoms with Crippen molar-refractivity contribution in [3.63, 3.8) is 0 Å². The molecule has 5 rings (SSSR count). The highest BCUT2D eigenvalue weighted by Gasteiger charge is 2.69. The smallest absolute Gasteiger partial charge is 0.155 e. The zero-order valence-corrected chi connectivity index (χ0v) is 16.3. The molecule has 0 amide bonds. The summed E-state index contributed by atoms with van der Waals surface area (Å²) in [5.74, 6) is 3.81. The third-order valence-corrected chi connectivity index (χ3v) is 9.82. The van der Waals surface area contributed by atoms with E-state index < -0.39 is 5.60 Å². The van der Waals surface area contributed by atoms with E-state index in [1.807, 2.05) is 6.08 Å². The van der Waals surface area contributed by atoms with E-state index in [0.29, 0.717) is 30.0 Å². The molecule has 4 fully saturated rings. The maximum atomic E-state index is 12.1. The van der Waals surface area contributed by atoms with Crippen molar-refractivity contribution in [1.82, 2.24) is 0 Å². The van der Waals surface area contributed by atoms with Gasteiger partial charge >= 0.3 is 0 Å². The highest BCUT2D eigenvalue weighted by atomic mass is 16.3. The van der Waals surface area contributed by atoms with E-state index in [1.165, 1.54) is 18.4 Å². The third kappa shape index (κ3) is 2.05. The number of carbonyl (C=O) groups is 1. The average molecular weight is 359 g/mol. The van der Waals surface area contributed by atoms with Crippen molar-refractivity contribution in [2.24, 2.45) is 40.4 Å². The molecule has 8 atom stereocenters. The van der Waals surface area contributed by atoms with Gasteiger partial charge in [0.05, 0.1) is 5.60 Å². The number of ketones is 1. The van der Waals surface area contributed by atoms with E-state index in [2.05, 4.69) is 13.8 Å². The van der Waals surface area contributed by atoms with Crippen LogP contribution in [-0.2, 0) is 4.79 Å². The summed E-state index contributed by atoms with van der Waals surface area (Å²) in [4.78, 5) is 12.1. The molecular formula is C23H34O3. The Balaban J connectivity index is 1.50. The first-order valence-electron chi connectivity index (χ1n) is 10.9. The van der Waals surface area contributed by atoms with Crippen LogP contribution in [0.3, 0.4) is 0 Å². The predicted molar refractivity (Wildman–Crippen MR) is 100 cm³/mol. The Hall–Kier alpha value is -0.670. The first-order valence-corrected chi connectivity index (χ1v) is 10.9. The van der Waals surface area contributed by atoms with Gasteiger partial charge in [-0.2, -0.15) is 0 Å². The standard InChI is InChI=1S/C23H34O3/c1-21-8-4-14(25)12-19(21)15-13-16(15)20-17(21)5-9-22(2)18(20)6-10-23(22,26)7-3-11-24/h12,15-18,20,24,26H,3-11,13H2,1-2H3/t15-,16+,17-,18-,20+,21+,22-,23-/m0/s1. The molecule has 0 unspecified atom stereocenters. The molecule has 144 valence electrons. The molecule has 5 aliphatic carbocycles. The molecule has 0 spiro atoms. The van der Waals surface area contributed by atoms with Gasteiger partial charge in [0.25, 0.3) is 0 Å². The van der Waals surface area contributed by atoms with Crippen molar-refractivity contribution < 1.29 is 15.0 Å². The molecule has 0 radical (unpaired) electrons. The Labute approximate surface area is 157 Å². The number of carbonyl (C=O) groups excluding carboxylic acids is 1. The Morgan fingerprint density at radius 1 is 1.15 bits per heavy atom. The monoisotopic (exact) mass is 358 g/mol. The van der Waals surface area contributed by atoms with Crippen molar-refractivity contribution in [1.29, 1.82) is 0 Å². The molecule has 0 aromatic heterocycles. The lowest BCUT2D eigenvalue weighted by Crippen LogP contribution is -2.55. The lowest BCUT2D eigenvalue weighted by atomic mass is 9.46. The largest absolute Gasteiger partial charge is 0.396 e. The average Bonchev–Trinajstić information content (AvgIpc) is 3.35. The van der Waals surface area contributed by atoms with Gasteiger partial charge in [-0.1, -0.05) is 19.4 Å². The summed E-state index contributed by atoms with van der Waals surface area (Å²) in [5.41, 5.74) is 1.15. The van der Waals surface area contributed by atoms with Crippen LogP contribution in [0.1, 0.15) is 71.6 Å². The van der Waals surface area contributed by atoms with Gasteiger partial charge in [0.15, 0.2) is 5.78 Å². The third-order valence-electron chi connectivity index (χ3n) is 9.82. The minimum Gasteiger partial charge on any atom is -0.396 e. The Kier molecular flexibility index (Phi) is 3.65. The topological polar surface area (TPSA) is 57.5 Å². The first kappa shape index (κ1) is 17.4. The second-order valence-corrected chi connectivity index (χ2v) is 10.6. The van der Waals surface area contributed by atoms with Crippen LogP contribution in [0.2, 0.25) is 0 Å². The summed E-state index contributed by atoms with van der Waals surface area (Å²) in [7, 11) is 0. The number of allylic oxidation sites excluding steroid dienone is 1. The van der Waals surface area contributed by atoms with Crippen LogP contribution < -0.4 is 0 Å².